The molecule has 0 aliphatic carbocycles. The fourth-order valence-corrected chi connectivity index (χ4v) is 8.70. The van der Waals surface area contributed by atoms with E-state index in [1.165, 1.54) is 19.9 Å². The smallest absolute Gasteiger partial charge is 0.308 e. The van der Waals surface area contributed by atoms with E-state index in [9.17, 15) is 29.4 Å². The highest BCUT2D eigenvalue weighted by atomic mass is 16.7. The number of carbonyl (C=O) groups excluding carboxylic acids is 4. The van der Waals surface area contributed by atoms with Crippen LogP contribution in [0.25, 0.3) is 0 Å². The maximum absolute atomic E-state index is 13.8. The molecule has 0 amide bonds. The maximum Gasteiger partial charge on any atom is 0.308 e. The molecule has 0 aromatic rings. The van der Waals surface area contributed by atoms with Crippen LogP contribution in [0.2, 0.25) is 0 Å². The molecule has 3 aliphatic heterocycles. The summed E-state index contributed by atoms with van der Waals surface area (Å²) in [6.07, 6.45) is -3.04. The second-order valence-corrected chi connectivity index (χ2v) is 17.0. The summed E-state index contributed by atoms with van der Waals surface area (Å²) in [5.41, 5.74) is 0.736. The van der Waals surface area contributed by atoms with Gasteiger partial charge in [-0.05, 0) is 66.1 Å². The third-order valence-electron chi connectivity index (χ3n) is 12.2. The Morgan fingerprint density at radius 1 is 0.850 bits per heavy atom. The Bertz CT molecular complexity index is 1450. The van der Waals surface area contributed by atoms with Crippen molar-refractivity contribution in [2.75, 3.05) is 41.5 Å². The molecular weight excluding hydrogens is 782 g/mol. The highest BCUT2D eigenvalue weighted by Gasteiger charge is 2.52. The van der Waals surface area contributed by atoms with Gasteiger partial charge in [-0.2, -0.15) is 0 Å². The van der Waals surface area contributed by atoms with Gasteiger partial charge in [-0.1, -0.05) is 45.4 Å². The maximum atomic E-state index is 13.8. The van der Waals surface area contributed by atoms with Crippen molar-refractivity contribution in [2.45, 2.75) is 162 Å². The Hall–Kier alpha value is -2.80. The van der Waals surface area contributed by atoms with E-state index in [1.54, 1.807) is 60.1 Å². The van der Waals surface area contributed by atoms with Gasteiger partial charge in [-0.25, -0.2) is 0 Å². The first kappa shape index (κ1) is 51.5. The summed E-state index contributed by atoms with van der Waals surface area (Å²) in [4.78, 5) is 54.0. The number of hydrogen-bond acceptors (Lipinski definition) is 16. The number of carbonyl (C=O) groups is 4. The molecule has 3 rings (SSSR count). The van der Waals surface area contributed by atoms with E-state index in [2.05, 4.69) is 0 Å². The average molecular weight is 856 g/mol. The van der Waals surface area contributed by atoms with Gasteiger partial charge in [0.1, 0.15) is 18.3 Å². The number of hydrogen-bond donors (Lipinski definition) is 2. The van der Waals surface area contributed by atoms with Crippen molar-refractivity contribution in [3.63, 3.8) is 0 Å². The van der Waals surface area contributed by atoms with E-state index >= 15 is 0 Å². The van der Waals surface area contributed by atoms with Crippen molar-refractivity contribution in [3.8, 4) is 0 Å². The Morgan fingerprint density at radius 3 is 2.03 bits per heavy atom. The van der Waals surface area contributed by atoms with Crippen molar-refractivity contribution in [2.24, 2.45) is 29.6 Å². The number of esters is 3. The van der Waals surface area contributed by atoms with Crippen LogP contribution in [0.3, 0.4) is 0 Å². The fourth-order valence-electron chi connectivity index (χ4n) is 8.70. The van der Waals surface area contributed by atoms with Gasteiger partial charge in [-0.15, -0.1) is 0 Å². The molecule has 0 aromatic carbocycles. The SMILES string of the molecule is CC[C@H]1OC(=O)C[C@@H](O)[C@H](C)[C@@H](O[C@@H]2OC(C)[C@H](OC(C)=O)C(N(C)C)C2OC(C)=O)[C@@H](CCO)C[C@@H](C)C(=O)/C=C/C(C)=C/[C@@H]1CO[C@@H]1OC(C)[C@H](C)[C@H](OC)C1OC. The standard InChI is InChI=1S/C44H73NO15/c1-14-35-32(22-54-43-42(53-13)39(52-12)25(4)27(6)55-43)19-23(2)15-16-33(49)24(3)20-31(17-18-46)38(26(5)34(50)21-36(51)59-35)60-44-41(58-30(9)48)37(45(10)11)40(28(7)56-44)57-29(8)47/h15-16,19,24-28,31-32,34-35,37-44,46,50H,14,17-18,20-22H2,1-13H3/b16-15+,23-19+/t24-,25+,26+,27?,28?,31+,32-,34-,35-,37?,38-,39+,40+,41?,42?,43-,44+/m1/s1. The lowest BCUT2D eigenvalue weighted by Crippen LogP contribution is -2.65. The molecule has 0 aromatic heterocycles. The highest BCUT2D eigenvalue weighted by molar-refractivity contribution is 5.91. The minimum Gasteiger partial charge on any atom is -0.462 e. The summed E-state index contributed by atoms with van der Waals surface area (Å²) in [7, 11) is 6.70. The Kier molecular flexibility index (Phi) is 20.8. The lowest BCUT2D eigenvalue weighted by atomic mass is 9.79. The quantitative estimate of drug-likeness (QED) is 0.201. The van der Waals surface area contributed by atoms with Gasteiger partial charge in [0.05, 0.1) is 49.6 Å². The summed E-state index contributed by atoms with van der Waals surface area (Å²) in [5.74, 6) is -4.31. The predicted molar refractivity (Wildman–Crippen MR) is 219 cm³/mol. The van der Waals surface area contributed by atoms with Crippen LogP contribution in [0.15, 0.2) is 23.8 Å². The summed E-state index contributed by atoms with van der Waals surface area (Å²) in [6, 6.07) is -0.701. The molecule has 0 saturated carbocycles. The van der Waals surface area contributed by atoms with Crippen LogP contribution < -0.4 is 0 Å². The zero-order valence-corrected chi connectivity index (χ0v) is 37.9. The Labute approximate surface area is 356 Å². The van der Waals surface area contributed by atoms with E-state index in [-0.39, 0.29) is 50.0 Å². The van der Waals surface area contributed by atoms with Crippen molar-refractivity contribution in [1.29, 1.82) is 0 Å². The second-order valence-electron chi connectivity index (χ2n) is 17.0. The Balaban J connectivity index is 2.02. The molecule has 2 saturated heterocycles. The molecule has 0 spiro atoms. The Morgan fingerprint density at radius 2 is 1.47 bits per heavy atom. The van der Waals surface area contributed by atoms with Crippen molar-refractivity contribution in [1.82, 2.24) is 4.90 Å². The molecule has 0 bridgehead atoms. The van der Waals surface area contributed by atoms with E-state index in [0.717, 1.165) is 5.57 Å². The van der Waals surface area contributed by atoms with Gasteiger partial charge in [0, 0.05) is 58.3 Å². The number of methoxy groups -OCH3 is 2. The molecule has 60 heavy (non-hydrogen) atoms. The van der Waals surface area contributed by atoms with Crippen LogP contribution >= 0.6 is 0 Å². The first-order chi connectivity index (χ1) is 28.3. The van der Waals surface area contributed by atoms with Crippen LogP contribution in [0.1, 0.15) is 88.0 Å². The van der Waals surface area contributed by atoms with Crippen molar-refractivity contribution in [3.05, 3.63) is 23.8 Å². The van der Waals surface area contributed by atoms with Crippen LogP contribution in [0.4, 0.5) is 0 Å². The van der Waals surface area contributed by atoms with Crippen LogP contribution in [0, 0.1) is 29.6 Å². The van der Waals surface area contributed by atoms with E-state index in [4.69, 9.17) is 42.6 Å². The minimum absolute atomic E-state index is 0.0421. The number of cyclic esters (lactones) is 1. The molecular formula is C44H73NO15. The van der Waals surface area contributed by atoms with Crippen LogP contribution in [-0.2, 0) is 61.8 Å². The van der Waals surface area contributed by atoms with Crippen LogP contribution in [0.5, 0.6) is 0 Å². The van der Waals surface area contributed by atoms with E-state index < -0.39 is 109 Å². The van der Waals surface area contributed by atoms with E-state index in [0.29, 0.717) is 6.42 Å². The number of nitrogens with zero attached hydrogens (tertiary/aromatic N) is 1. The topological polar surface area (TPSA) is 195 Å². The third-order valence-corrected chi connectivity index (χ3v) is 12.2. The number of aliphatic hydroxyl groups excluding tert-OH is 2. The molecule has 17 atom stereocenters. The van der Waals surface area contributed by atoms with E-state index in [1.807, 2.05) is 33.8 Å². The first-order valence-corrected chi connectivity index (χ1v) is 21.3. The number of ether oxygens (including phenoxy) is 9. The van der Waals surface area contributed by atoms with Gasteiger partial charge >= 0.3 is 17.9 Å². The largest absolute Gasteiger partial charge is 0.462 e. The molecule has 16 nitrogen and oxygen atoms in total. The molecule has 3 heterocycles. The number of allylic oxidation sites excluding steroid dienone is 3. The lowest BCUT2D eigenvalue weighted by Gasteiger charge is -2.48. The monoisotopic (exact) mass is 855 g/mol. The summed E-state index contributed by atoms with van der Waals surface area (Å²) >= 11 is 0. The molecule has 3 aliphatic rings. The number of ketones is 1. The normalized spacial score (nSPS) is 40.3. The number of likely N-dealkylation sites (N-methyl/N-ethyl adjacent to an activating group) is 1. The zero-order chi connectivity index (χ0) is 45.0. The molecule has 2 fully saturated rings. The summed E-state index contributed by atoms with van der Waals surface area (Å²) in [6.45, 7) is 15.3. The molecule has 5 unspecified atom stereocenters. The minimum atomic E-state index is -1.31. The van der Waals surface area contributed by atoms with Gasteiger partial charge in [0.25, 0.3) is 0 Å². The van der Waals surface area contributed by atoms with Crippen molar-refractivity contribution < 1.29 is 72.0 Å². The van der Waals surface area contributed by atoms with Gasteiger partial charge in [0.15, 0.2) is 24.5 Å². The number of rotatable bonds is 13. The third kappa shape index (κ3) is 13.9. The lowest BCUT2D eigenvalue weighted by molar-refractivity contribution is -0.308. The fraction of sp³-hybridized carbons (Fsp3) is 0.818. The molecule has 2 N–H and O–H groups in total. The number of aliphatic hydroxyl groups is 2. The zero-order valence-electron chi connectivity index (χ0n) is 37.9. The predicted octanol–water partition coefficient (Wildman–Crippen LogP) is 3.77. The van der Waals surface area contributed by atoms with Crippen molar-refractivity contribution >= 4 is 23.7 Å². The van der Waals surface area contributed by atoms with Gasteiger partial charge < -0.3 is 52.8 Å². The first-order valence-electron chi connectivity index (χ1n) is 21.3. The molecule has 0 radical (unpaired) electrons. The van der Waals surface area contributed by atoms with Crippen LogP contribution in [-0.4, -0.2) is 154 Å². The average Bonchev–Trinajstić information content (AvgIpc) is 3.17. The molecule has 16 heteroatoms. The van der Waals surface area contributed by atoms with Gasteiger partial charge in [-0.3, -0.25) is 24.1 Å². The van der Waals surface area contributed by atoms with Gasteiger partial charge in [0.2, 0.25) is 0 Å². The summed E-state index contributed by atoms with van der Waals surface area (Å²) < 4.78 is 54.8. The second kappa shape index (κ2) is 24.2. The summed E-state index contributed by atoms with van der Waals surface area (Å²) in [5, 5.41) is 22.1. The molecule has 344 valence electrons. The highest BCUT2D eigenvalue weighted by Crippen LogP contribution is 2.37.